The standard InChI is InChI=1S/C14H6ClFN2O/c15-12-2-1-3-14(11(12)8-18)19-10-5-4-9(7-17)13(16)6-10/h1-6H. The summed E-state index contributed by atoms with van der Waals surface area (Å²) in [5.74, 6) is -0.255. The van der Waals surface area contributed by atoms with Crippen molar-refractivity contribution in [2.45, 2.75) is 0 Å². The lowest BCUT2D eigenvalue weighted by Crippen LogP contribution is -1.91. The highest BCUT2D eigenvalue weighted by Crippen LogP contribution is 2.30. The second kappa shape index (κ2) is 5.39. The van der Waals surface area contributed by atoms with Crippen LogP contribution in [0.3, 0.4) is 0 Å². The van der Waals surface area contributed by atoms with Gasteiger partial charge in [0.1, 0.15) is 35.0 Å². The van der Waals surface area contributed by atoms with E-state index in [4.69, 9.17) is 26.9 Å². The van der Waals surface area contributed by atoms with E-state index < -0.39 is 5.82 Å². The van der Waals surface area contributed by atoms with Gasteiger partial charge in [-0.2, -0.15) is 10.5 Å². The van der Waals surface area contributed by atoms with Crippen molar-refractivity contribution in [1.82, 2.24) is 0 Å². The maximum Gasteiger partial charge on any atom is 0.146 e. The van der Waals surface area contributed by atoms with Crippen molar-refractivity contribution in [2.24, 2.45) is 0 Å². The molecule has 5 heteroatoms. The van der Waals surface area contributed by atoms with E-state index in [1.165, 1.54) is 12.1 Å². The molecule has 0 unspecified atom stereocenters. The quantitative estimate of drug-likeness (QED) is 0.830. The highest BCUT2D eigenvalue weighted by atomic mass is 35.5. The van der Waals surface area contributed by atoms with E-state index in [1.54, 1.807) is 24.3 Å². The number of hydrogen-bond acceptors (Lipinski definition) is 3. The predicted octanol–water partition coefficient (Wildman–Crippen LogP) is 4.01. The molecular weight excluding hydrogens is 267 g/mol. The molecule has 0 aliphatic heterocycles. The normalized spacial score (nSPS) is 9.47. The van der Waals surface area contributed by atoms with Gasteiger partial charge in [-0.05, 0) is 24.3 Å². The third-order valence-corrected chi connectivity index (χ3v) is 2.69. The minimum atomic E-state index is -0.680. The molecule has 0 saturated heterocycles. The van der Waals surface area contributed by atoms with Crippen LogP contribution in [0.4, 0.5) is 4.39 Å². The van der Waals surface area contributed by atoms with Crippen LogP contribution in [0.1, 0.15) is 11.1 Å². The topological polar surface area (TPSA) is 56.8 Å². The number of hydrogen-bond donors (Lipinski definition) is 0. The lowest BCUT2D eigenvalue weighted by molar-refractivity contribution is 0.475. The molecule has 0 saturated carbocycles. The van der Waals surface area contributed by atoms with Crippen LogP contribution >= 0.6 is 11.6 Å². The lowest BCUT2D eigenvalue weighted by Gasteiger charge is -2.08. The van der Waals surface area contributed by atoms with Gasteiger partial charge in [-0.3, -0.25) is 0 Å². The van der Waals surface area contributed by atoms with Crippen LogP contribution in [0.15, 0.2) is 36.4 Å². The van der Waals surface area contributed by atoms with E-state index in [-0.39, 0.29) is 27.6 Å². The zero-order chi connectivity index (χ0) is 13.8. The molecule has 92 valence electrons. The van der Waals surface area contributed by atoms with Crippen LogP contribution in [-0.2, 0) is 0 Å². The van der Waals surface area contributed by atoms with Crippen LogP contribution in [0.2, 0.25) is 5.02 Å². The first-order chi connectivity index (χ1) is 9.15. The van der Waals surface area contributed by atoms with E-state index in [1.807, 2.05) is 6.07 Å². The maximum atomic E-state index is 13.4. The van der Waals surface area contributed by atoms with E-state index >= 15 is 0 Å². The Hall–Kier alpha value is -2.56. The maximum absolute atomic E-state index is 13.4. The fraction of sp³-hybridized carbons (Fsp3) is 0. The van der Waals surface area contributed by atoms with Gasteiger partial charge in [-0.25, -0.2) is 4.39 Å². The molecule has 0 fully saturated rings. The van der Waals surface area contributed by atoms with Crippen LogP contribution in [0.5, 0.6) is 11.5 Å². The molecule has 0 aromatic heterocycles. The summed E-state index contributed by atoms with van der Waals surface area (Å²) < 4.78 is 18.8. The van der Waals surface area contributed by atoms with E-state index in [0.717, 1.165) is 6.07 Å². The molecule has 2 aromatic rings. The number of rotatable bonds is 2. The summed E-state index contributed by atoms with van der Waals surface area (Å²) in [5, 5.41) is 17.9. The van der Waals surface area contributed by atoms with Gasteiger partial charge in [0.05, 0.1) is 10.6 Å². The summed E-state index contributed by atoms with van der Waals surface area (Å²) >= 11 is 5.86. The molecular formula is C14H6ClFN2O. The van der Waals surface area contributed by atoms with Gasteiger partial charge in [0, 0.05) is 6.07 Å². The van der Waals surface area contributed by atoms with Crippen molar-refractivity contribution < 1.29 is 9.13 Å². The average Bonchev–Trinajstić information content (AvgIpc) is 2.39. The Morgan fingerprint density at radius 3 is 2.53 bits per heavy atom. The number of nitriles is 2. The van der Waals surface area contributed by atoms with Gasteiger partial charge < -0.3 is 4.74 Å². The van der Waals surface area contributed by atoms with Gasteiger partial charge in [-0.15, -0.1) is 0 Å². The van der Waals surface area contributed by atoms with Crippen molar-refractivity contribution in [3.8, 4) is 23.6 Å². The largest absolute Gasteiger partial charge is 0.456 e. The van der Waals surface area contributed by atoms with Crippen molar-refractivity contribution in [2.75, 3.05) is 0 Å². The molecule has 0 aliphatic rings. The molecule has 0 spiro atoms. The molecule has 2 rings (SSSR count). The molecule has 0 atom stereocenters. The van der Waals surface area contributed by atoms with Crippen molar-refractivity contribution >= 4 is 11.6 Å². The number of benzene rings is 2. The Bertz CT molecular complexity index is 716. The summed E-state index contributed by atoms with van der Waals surface area (Å²) in [6, 6.07) is 12.2. The van der Waals surface area contributed by atoms with Crippen LogP contribution < -0.4 is 4.74 Å². The molecule has 0 heterocycles. The molecule has 2 aromatic carbocycles. The first-order valence-electron chi connectivity index (χ1n) is 5.22. The molecule has 0 bridgehead atoms. The van der Waals surface area contributed by atoms with E-state index in [2.05, 4.69) is 0 Å². The smallest absolute Gasteiger partial charge is 0.146 e. The number of nitrogens with zero attached hydrogens (tertiary/aromatic N) is 2. The first kappa shape index (κ1) is 12.9. The SMILES string of the molecule is N#Cc1ccc(Oc2cccc(Cl)c2C#N)cc1F. The molecule has 0 N–H and O–H groups in total. The summed E-state index contributed by atoms with van der Waals surface area (Å²) in [4.78, 5) is 0. The summed E-state index contributed by atoms with van der Waals surface area (Å²) in [7, 11) is 0. The van der Waals surface area contributed by atoms with Crippen molar-refractivity contribution in [1.29, 1.82) is 10.5 Å². The lowest BCUT2D eigenvalue weighted by atomic mass is 10.2. The van der Waals surface area contributed by atoms with Crippen molar-refractivity contribution in [3.05, 3.63) is 58.4 Å². The second-order valence-corrected chi connectivity index (χ2v) is 3.99. The Labute approximate surface area is 114 Å². The summed E-state index contributed by atoms with van der Waals surface area (Å²) in [5.41, 5.74) is 0.105. The molecule has 19 heavy (non-hydrogen) atoms. The molecule has 0 aliphatic carbocycles. The first-order valence-corrected chi connectivity index (χ1v) is 5.59. The second-order valence-electron chi connectivity index (χ2n) is 3.58. The Morgan fingerprint density at radius 2 is 1.89 bits per heavy atom. The number of ether oxygens (including phenoxy) is 1. The fourth-order valence-electron chi connectivity index (χ4n) is 1.47. The monoisotopic (exact) mass is 272 g/mol. The molecule has 0 amide bonds. The van der Waals surface area contributed by atoms with Gasteiger partial charge in [-0.1, -0.05) is 17.7 Å². The highest BCUT2D eigenvalue weighted by Gasteiger charge is 2.10. The molecule has 3 nitrogen and oxygen atoms in total. The zero-order valence-electron chi connectivity index (χ0n) is 9.52. The van der Waals surface area contributed by atoms with Crippen molar-refractivity contribution in [3.63, 3.8) is 0 Å². The predicted molar refractivity (Wildman–Crippen MR) is 67.4 cm³/mol. The molecule has 0 radical (unpaired) electrons. The van der Waals surface area contributed by atoms with E-state index in [9.17, 15) is 4.39 Å². The third kappa shape index (κ3) is 2.65. The van der Waals surface area contributed by atoms with Crippen LogP contribution in [0, 0.1) is 28.5 Å². The highest BCUT2D eigenvalue weighted by molar-refractivity contribution is 6.31. The fourth-order valence-corrected chi connectivity index (χ4v) is 1.68. The van der Waals surface area contributed by atoms with Gasteiger partial charge >= 0.3 is 0 Å². The summed E-state index contributed by atoms with van der Waals surface area (Å²) in [6.45, 7) is 0. The van der Waals surface area contributed by atoms with Gasteiger partial charge in [0.15, 0.2) is 0 Å². The zero-order valence-corrected chi connectivity index (χ0v) is 10.3. The number of halogens is 2. The minimum Gasteiger partial charge on any atom is -0.456 e. The van der Waals surface area contributed by atoms with Crippen LogP contribution in [0.25, 0.3) is 0 Å². The summed E-state index contributed by atoms with van der Waals surface area (Å²) in [6.07, 6.45) is 0. The Morgan fingerprint density at radius 1 is 1.11 bits per heavy atom. The Balaban J connectivity index is 2.38. The third-order valence-electron chi connectivity index (χ3n) is 2.38. The Kier molecular flexibility index (Phi) is 3.66. The average molecular weight is 273 g/mol. The van der Waals surface area contributed by atoms with Crippen LogP contribution in [-0.4, -0.2) is 0 Å². The van der Waals surface area contributed by atoms with E-state index in [0.29, 0.717) is 0 Å². The van der Waals surface area contributed by atoms with Gasteiger partial charge in [0.25, 0.3) is 0 Å². The minimum absolute atomic E-state index is 0.0704. The van der Waals surface area contributed by atoms with Gasteiger partial charge in [0.2, 0.25) is 0 Å².